The van der Waals surface area contributed by atoms with E-state index in [-0.39, 0.29) is 56.1 Å². The number of carbonyl (C=O) groups excluding carboxylic acids is 4. The standard InChI is InChI=1S/C48H70Cl2N6O10/c1-2-61-29-30-63-27-24-52-46(59)35-43(55-45(58)7-3-5-37-12-15-40(16-13-37)41(18-21-49)19-22-50)47(60)53-25-28-64-32-34-65-33-31-62-26-4-6-42(57)17-14-38-8-10-39(11-9-38)36-66-48-54-23-20-44(51)56-48/h8-13,15-16,20,23,41,43H,2-7,14,17-19,21-22,24-36H2,1H3,(H,52,59)(H,53,60)(H,55,58)(H2,51,54,56). The number of Topliss-reactive ketones (excluding diaryl/α,β-unsaturated/α-hetero) is 1. The molecular formula is C48H70Cl2N6O10. The normalized spacial score (nSPS) is 11.6. The van der Waals surface area contributed by atoms with E-state index >= 15 is 0 Å². The molecule has 1 unspecified atom stereocenters. The largest absolute Gasteiger partial charge is 0.459 e. The van der Waals surface area contributed by atoms with Gasteiger partial charge in [0.1, 0.15) is 24.2 Å². The lowest BCUT2D eigenvalue weighted by atomic mass is 9.92. The zero-order valence-corrected chi connectivity index (χ0v) is 39.9. The van der Waals surface area contributed by atoms with Crippen LogP contribution in [0.15, 0.2) is 60.8 Å². The molecule has 1 heterocycles. The number of aryl methyl sites for hydroxylation is 2. The van der Waals surface area contributed by atoms with Crippen molar-refractivity contribution in [3.8, 4) is 6.01 Å². The first-order chi connectivity index (χ1) is 32.2. The topological polar surface area (TPSA) is 212 Å². The molecule has 16 nitrogen and oxygen atoms in total. The number of anilines is 1. The van der Waals surface area contributed by atoms with Gasteiger partial charge in [0.15, 0.2) is 0 Å². The van der Waals surface area contributed by atoms with Crippen molar-refractivity contribution < 1.29 is 47.6 Å². The first kappa shape index (κ1) is 55.9. The van der Waals surface area contributed by atoms with Crippen molar-refractivity contribution in [1.29, 1.82) is 0 Å². The van der Waals surface area contributed by atoms with Gasteiger partial charge in [-0.25, -0.2) is 4.98 Å². The number of aromatic nitrogens is 2. The Morgan fingerprint density at radius 2 is 1.24 bits per heavy atom. The van der Waals surface area contributed by atoms with Crippen molar-refractivity contribution in [1.82, 2.24) is 25.9 Å². The molecule has 1 aromatic heterocycles. The van der Waals surface area contributed by atoms with Gasteiger partial charge >= 0.3 is 6.01 Å². The SMILES string of the molecule is CCOCCOCCNC(=O)CC(NC(=O)CCCc1ccc(C(CCCl)CCCl)cc1)C(=O)NCCOCCOCCOCCCC(=O)CCc1ccc(COc2nccc(N)n2)cc1. The van der Waals surface area contributed by atoms with Crippen LogP contribution in [0.3, 0.4) is 0 Å². The molecule has 0 aliphatic carbocycles. The van der Waals surface area contributed by atoms with Gasteiger partial charge in [-0.15, -0.1) is 23.2 Å². The highest BCUT2D eigenvalue weighted by atomic mass is 35.5. The predicted octanol–water partition coefficient (Wildman–Crippen LogP) is 5.49. The van der Waals surface area contributed by atoms with Crippen molar-refractivity contribution >= 4 is 52.5 Å². The Morgan fingerprint density at radius 3 is 1.89 bits per heavy atom. The lowest BCUT2D eigenvalue weighted by Crippen LogP contribution is -2.49. The summed E-state index contributed by atoms with van der Waals surface area (Å²) < 4.78 is 33.0. The number of carbonyl (C=O) groups is 4. The maximum atomic E-state index is 13.2. The van der Waals surface area contributed by atoms with E-state index in [0.29, 0.717) is 128 Å². The summed E-state index contributed by atoms with van der Waals surface area (Å²) in [5.41, 5.74) is 9.99. The highest BCUT2D eigenvalue weighted by Gasteiger charge is 2.24. The maximum Gasteiger partial charge on any atom is 0.318 e. The van der Waals surface area contributed by atoms with E-state index in [2.05, 4.69) is 50.2 Å². The van der Waals surface area contributed by atoms with E-state index in [1.54, 1.807) is 12.3 Å². The molecule has 18 heteroatoms. The lowest BCUT2D eigenvalue weighted by molar-refractivity contribution is -0.132. The molecule has 5 N–H and O–H groups in total. The fourth-order valence-electron chi connectivity index (χ4n) is 6.58. The Kier molecular flexibility index (Phi) is 30.3. The Morgan fingerprint density at radius 1 is 0.652 bits per heavy atom. The summed E-state index contributed by atoms with van der Waals surface area (Å²) in [6.07, 6.45) is 6.69. The molecule has 0 saturated heterocycles. The minimum atomic E-state index is -1.06. The van der Waals surface area contributed by atoms with Gasteiger partial charge < -0.3 is 50.1 Å². The predicted molar refractivity (Wildman–Crippen MR) is 255 cm³/mol. The average Bonchev–Trinajstić information content (AvgIpc) is 3.31. The van der Waals surface area contributed by atoms with Crippen LogP contribution in [0.5, 0.6) is 6.01 Å². The minimum Gasteiger partial charge on any atom is -0.459 e. The number of hydrogen-bond acceptors (Lipinski definition) is 13. The van der Waals surface area contributed by atoms with Crippen LogP contribution in [0, 0.1) is 0 Å². The van der Waals surface area contributed by atoms with Crippen LogP contribution >= 0.6 is 23.2 Å². The average molecular weight is 962 g/mol. The fraction of sp³-hybridized carbons (Fsp3) is 0.583. The summed E-state index contributed by atoms with van der Waals surface area (Å²) in [4.78, 5) is 59.4. The number of rotatable bonds is 39. The summed E-state index contributed by atoms with van der Waals surface area (Å²) in [6.45, 7) is 6.50. The van der Waals surface area contributed by atoms with Crippen molar-refractivity contribution in [3.05, 3.63) is 83.0 Å². The van der Waals surface area contributed by atoms with Crippen molar-refractivity contribution in [2.75, 3.05) is 96.7 Å². The second-order valence-corrected chi connectivity index (χ2v) is 16.1. The summed E-state index contributed by atoms with van der Waals surface area (Å²) >= 11 is 12.0. The monoisotopic (exact) mass is 960 g/mol. The Bertz CT molecular complexity index is 1790. The number of nitrogen functional groups attached to an aromatic ring is 1. The van der Waals surface area contributed by atoms with Gasteiger partial charge in [-0.2, -0.15) is 4.98 Å². The molecule has 3 rings (SSSR count). The highest BCUT2D eigenvalue weighted by Crippen LogP contribution is 2.25. The number of ether oxygens (including phenoxy) is 6. The van der Waals surface area contributed by atoms with Crippen LogP contribution < -0.4 is 26.4 Å². The first-order valence-electron chi connectivity index (χ1n) is 22.9. The first-order valence-corrected chi connectivity index (χ1v) is 24.0. The van der Waals surface area contributed by atoms with Crippen molar-refractivity contribution in [2.45, 2.75) is 89.7 Å². The highest BCUT2D eigenvalue weighted by molar-refractivity contribution is 6.18. The van der Waals surface area contributed by atoms with E-state index < -0.39 is 11.9 Å². The summed E-state index contributed by atoms with van der Waals surface area (Å²) in [7, 11) is 0. The van der Waals surface area contributed by atoms with Gasteiger partial charge in [-0.1, -0.05) is 48.5 Å². The molecule has 0 aliphatic rings. The van der Waals surface area contributed by atoms with E-state index in [1.165, 1.54) is 5.56 Å². The van der Waals surface area contributed by atoms with E-state index in [9.17, 15) is 19.2 Å². The molecule has 0 spiro atoms. The third-order valence-corrected chi connectivity index (χ3v) is 10.6. The van der Waals surface area contributed by atoms with E-state index in [4.69, 9.17) is 57.4 Å². The number of alkyl halides is 2. The number of hydrogen-bond donors (Lipinski definition) is 4. The Labute approximate surface area is 400 Å². The summed E-state index contributed by atoms with van der Waals surface area (Å²) in [6, 6.07) is 17.0. The second-order valence-electron chi connectivity index (χ2n) is 15.4. The van der Waals surface area contributed by atoms with Crippen molar-refractivity contribution in [2.24, 2.45) is 0 Å². The fourth-order valence-corrected chi connectivity index (χ4v) is 7.10. The van der Waals surface area contributed by atoms with Crippen LogP contribution in [-0.4, -0.2) is 130 Å². The number of nitrogens with two attached hydrogens (primary N) is 1. The van der Waals surface area contributed by atoms with Crippen molar-refractivity contribution in [3.63, 3.8) is 0 Å². The van der Waals surface area contributed by atoms with Gasteiger partial charge in [-0.3, -0.25) is 19.2 Å². The summed E-state index contributed by atoms with van der Waals surface area (Å²) in [5, 5.41) is 8.25. The molecule has 366 valence electrons. The summed E-state index contributed by atoms with van der Waals surface area (Å²) in [5.74, 6) is 0.797. The molecule has 3 aromatic rings. The van der Waals surface area contributed by atoms with Gasteiger partial charge in [0.05, 0.1) is 59.3 Å². The zero-order chi connectivity index (χ0) is 47.5. The molecule has 0 bridgehead atoms. The van der Waals surface area contributed by atoms with Gasteiger partial charge in [0.25, 0.3) is 0 Å². The van der Waals surface area contributed by atoms with Gasteiger partial charge in [0.2, 0.25) is 17.7 Å². The van der Waals surface area contributed by atoms with Crippen LogP contribution in [0.4, 0.5) is 5.82 Å². The third-order valence-electron chi connectivity index (χ3n) is 10.2. The minimum absolute atomic E-state index is 0.179. The quantitative estimate of drug-likeness (QED) is 0.0412. The molecule has 2 aromatic carbocycles. The van der Waals surface area contributed by atoms with E-state index in [1.807, 2.05) is 31.2 Å². The molecule has 3 amide bonds. The van der Waals surface area contributed by atoms with Gasteiger partial charge in [0, 0.05) is 63.5 Å². The van der Waals surface area contributed by atoms with Crippen LogP contribution in [0.25, 0.3) is 0 Å². The van der Waals surface area contributed by atoms with E-state index in [0.717, 1.165) is 29.5 Å². The van der Waals surface area contributed by atoms with Crippen LogP contribution in [0.1, 0.15) is 86.5 Å². The van der Waals surface area contributed by atoms with Crippen LogP contribution in [0.2, 0.25) is 0 Å². The number of benzene rings is 2. The number of nitrogens with one attached hydrogen (secondary N) is 3. The molecule has 1 atom stereocenters. The molecular weight excluding hydrogens is 891 g/mol. The number of ketones is 1. The third kappa shape index (κ3) is 26.1. The lowest BCUT2D eigenvalue weighted by Gasteiger charge is -2.19. The number of nitrogens with zero attached hydrogens (tertiary/aromatic N) is 2. The molecule has 0 radical (unpaired) electrons. The molecule has 0 saturated carbocycles. The molecule has 66 heavy (non-hydrogen) atoms. The number of amides is 3. The zero-order valence-electron chi connectivity index (χ0n) is 38.4. The number of halogens is 2. The van der Waals surface area contributed by atoms with Gasteiger partial charge in [-0.05, 0) is 79.7 Å². The maximum absolute atomic E-state index is 13.2. The Balaban J connectivity index is 1.25. The molecule has 0 aliphatic heterocycles. The molecule has 0 fully saturated rings. The Hall–Kier alpha value is -4.42. The second kappa shape index (κ2) is 35.7. The van der Waals surface area contributed by atoms with Crippen LogP contribution in [-0.2, 0) is 62.3 Å². The smallest absolute Gasteiger partial charge is 0.318 e.